The number of ether oxygens (including phenoxy) is 1. The molecule has 2 aromatic rings. The molecule has 2 saturated heterocycles. The van der Waals surface area contributed by atoms with Gasteiger partial charge in [0.2, 0.25) is 5.91 Å². The van der Waals surface area contributed by atoms with E-state index >= 15 is 0 Å². The van der Waals surface area contributed by atoms with Crippen LogP contribution in [0, 0.1) is 5.92 Å². The number of nitrogens with one attached hydrogen (secondary N) is 1. The molecule has 4 rings (SSSR count). The van der Waals surface area contributed by atoms with Gasteiger partial charge in [0.25, 0.3) is 0 Å². The van der Waals surface area contributed by atoms with Crippen LogP contribution in [-0.4, -0.2) is 50.2 Å². The van der Waals surface area contributed by atoms with Crippen molar-refractivity contribution in [3.05, 3.63) is 57.0 Å². The molecule has 0 aliphatic carbocycles. The minimum absolute atomic E-state index is 0.0404. The van der Waals surface area contributed by atoms with Crippen LogP contribution in [-0.2, 0) is 9.53 Å². The number of rotatable bonds is 6. The van der Waals surface area contributed by atoms with Crippen molar-refractivity contribution in [1.82, 2.24) is 4.90 Å². The van der Waals surface area contributed by atoms with E-state index in [1.807, 2.05) is 36.1 Å². The predicted molar refractivity (Wildman–Crippen MR) is 141 cm³/mol. The summed E-state index contributed by atoms with van der Waals surface area (Å²) in [7, 11) is 1.73. The lowest BCUT2D eigenvalue weighted by Gasteiger charge is -2.38. The molecule has 2 fully saturated rings. The molecule has 0 spiro atoms. The van der Waals surface area contributed by atoms with Gasteiger partial charge in [0.15, 0.2) is 0 Å². The number of halogens is 3. The summed E-state index contributed by atoms with van der Waals surface area (Å²) < 4.78 is 5.49. The van der Waals surface area contributed by atoms with E-state index in [4.69, 9.17) is 39.5 Å². The molecule has 2 aromatic carbocycles. The number of anilines is 2. The van der Waals surface area contributed by atoms with Gasteiger partial charge in [-0.25, -0.2) is 0 Å². The Bertz CT molecular complexity index is 1010. The molecule has 2 aliphatic rings. The maximum atomic E-state index is 13.1. The Balaban J connectivity index is 1.38. The molecular formula is C26H32Cl3N3O2. The SMILES string of the molecule is COC1CCCN(C(=O)C2CCN(c3ccc(Cl)c(N[C@H](C)c4ccc(Cl)cc4Cl)c3)CC2)C1. The number of piperidine rings is 2. The van der Waals surface area contributed by atoms with Gasteiger partial charge in [-0.05, 0) is 68.5 Å². The monoisotopic (exact) mass is 523 g/mol. The van der Waals surface area contributed by atoms with Crippen LogP contribution < -0.4 is 10.2 Å². The number of hydrogen-bond acceptors (Lipinski definition) is 4. The van der Waals surface area contributed by atoms with Crippen molar-refractivity contribution in [1.29, 1.82) is 0 Å². The molecule has 184 valence electrons. The van der Waals surface area contributed by atoms with Gasteiger partial charge in [-0.2, -0.15) is 0 Å². The highest BCUT2D eigenvalue weighted by molar-refractivity contribution is 6.35. The summed E-state index contributed by atoms with van der Waals surface area (Å²) >= 11 is 18.9. The number of benzene rings is 2. The number of carbonyl (C=O) groups excluding carboxylic acids is 1. The first-order valence-electron chi connectivity index (χ1n) is 11.9. The standard InChI is InChI=1S/C26H32Cl3N3O2/c1-17(22-7-5-19(27)14-24(22)29)30-25-15-20(6-8-23(25)28)31-12-9-18(10-13-31)26(33)32-11-3-4-21(16-32)34-2/h5-8,14-15,17-18,21,30H,3-4,9-13,16H2,1-2H3/t17-,21?/m1/s1. The zero-order valence-corrected chi connectivity index (χ0v) is 22.0. The van der Waals surface area contributed by atoms with Gasteiger partial charge < -0.3 is 19.9 Å². The van der Waals surface area contributed by atoms with Crippen LogP contribution >= 0.6 is 34.8 Å². The molecule has 0 aromatic heterocycles. The Kier molecular flexibility index (Phi) is 8.52. The highest BCUT2D eigenvalue weighted by Crippen LogP contribution is 2.34. The maximum absolute atomic E-state index is 13.1. The number of hydrogen-bond donors (Lipinski definition) is 1. The van der Waals surface area contributed by atoms with Gasteiger partial charge in [-0.1, -0.05) is 40.9 Å². The predicted octanol–water partition coefficient (Wildman–Crippen LogP) is 6.67. The number of likely N-dealkylation sites (tertiary alicyclic amines) is 1. The topological polar surface area (TPSA) is 44.8 Å². The third-order valence-corrected chi connectivity index (χ3v) is 7.88. The van der Waals surface area contributed by atoms with Crippen LogP contribution in [0.15, 0.2) is 36.4 Å². The lowest BCUT2D eigenvalue weighted by Crippen LogP contribution is -2.48. The summed E-state index contributed by atoms with van der Waals surface area (Å²) in [4.78, 5) is 17.4. The first-order valence-corrected chi connectivity index (χ1v) is 13.1. The smallest absolute Gasteiger partial charge is 0.225 e. The third kappa shape index (κ3) is 5.93. The molecule has 2 heterocycles. The second-order valence-electron chi connectivity index (χ2n) is 9.24. The average Bonchev–Trinajstić information content (AvgIpc) is 2.85. The first-order chi connectivity index (χ1) is 16.4. The summed E-state index contributed by atoms with van der Waals surface area (Å²) in [5.74, 6) is 0.373. The third-order valence-electron chi connectivity index (χ3n) is 6.98. The summed E-state index contributed by atoms with van der Waals surface area (Å²) in [5, 5.41) is 5.38. The van der Waals surface area contributed by atoms with Gasteiger partial charge in [-0.3, -0.25) is 4.79 Å². The molecule has 0 radical (unpaired) electrons. The molecule has 8 heteroatoms. The highest BCUT2D eigenvalue weighted by atomic mass is 35.5. The maximum Gasteiger partial charge on any atom is 0.225 e. The van der Waals surface area contributed by atoms with Crippen LogP contribution in [0.3, 0.4) is 0 Å². The quantitative estimate of drug-likeness (QED) is 0.458. The lowest BCUT2D eigenvalue weighted by molar-refractivity contribution is -0.139. The minimum atomic E-state index is -0.0404. The van der Waals surface area contributed by atoms with Crippen LogP contribution in [0.25, 0.3) is 0 Å². The normalized spacial score (nSPS) is 20.3. The zero-order chi connectivity index (χ0) is 24.2. The number of carbonyl (C=O) groups is 1. The summed E-state index contributed by atoms with van der Waals surface area (Å²) in [6.45, 7) is 5.30. The lowest BCUT2D eigenvalue weighted by atomic mass is 9.93. The molecule has 0 saturated carbocycles. The Morgan fingerprint density at radius 1 is 1.03 bits per heavy atom. The van der Waals surface area contributed by atoms with Crippen LogP contribution in [0.1, 0.15) is 44.2 Å². The second-order valence-corrected chi connectivity index (χ2v) is 10.5. The van der Waals surface area contributed by atoms with Crippen LogP contribution in [0.2, 0.25) is 15.1 Å². The van der Waals surface area contributed by atoms with Gasteiger partial charge >= 0.3 is 0 Å². The zero-order valence-electron chi connectivity index (χ0n) is 19.7. The fourth-order valence-corrected chi connectivity index (χ4v) is 5.70. The van der Waals surface area contributed by atoms with Crippen molar-refractivity contribution in [2.24, 2.45) is 5.92 Å². The molecule has 1 N–H and O–H groups in total. The van der Waals surface area contributed by atoms with E-state index in [9.17, 15) is 4.79 Å². The van der Waals surface area contributed by atoms with Gasteiger partial charge in [-0.15, -0.1) is 0 Å². The van der Waals surface area contributed by atoms with Crippen LogP contribution in [0.4, 0.5) is 11.4 Å². The largest absolute Gasteiger partial charge is 0.380 e. The van der Waals surface area contributed by atoms with E-state index in [0.29, 0.717) is 15.1 Å². The average molecular weight is 525 g/mol. The van der Waals surface area contributed by atoms with Crippen molar-refractivity contribution < 1.29 is 9.53 Å². The summed E-state index contributed by atoms with van der Waals surface area (Å²) in [6, 6.07) is 11.5. The minimum Gasteiger partial charge on any atom is -0.380 e. The fourth-order valence-electron chi connectivity index (χ4n) is 4.96. The van der Waals surface area contributed by atoms with E-state index < -0.39 is 0 Å². The van der Waals surface area contributed by atoms with E-state index in [-0.39, 0.29) is 24.0 Å². The summed E-state index contributed by atoms with van der Waals surface area (Å²) in [5.41, 5.74) is 2.92. The van der Waals surface area contributed by atoms with E-state index in [1.54, 1.807) is 13.2 Å². The van der Waals surface area contributed by atoms with Gasteiger partial charge in [0.05, 0.1) is 22.9 Å². The number of methoxy groups -OCH3 is 1. The van der Waals surface area contributed by atoms with Crippen LogP contribution in [0.5, 0.6) is 0 Å². The molecule has 0 bridgehead atoms. The van der Waals surface area contributed by atoms with Crippen molar-refractivity contribution >= 4 is 52.1 Å². The molecular weight excluding hydrogens is 493 g/mol. The summed E-state index contributed by atoms with van der Waals surface area (Å²) in [6.07, 6.45) is 3.94. The number of amides is 1. The van der Waals surface area contributed by atoms with Crippen molar-refractivity contribution in [2.45, 2.75) is 44.8 Å². The molecule has 2 aliphatic heterocycles. The van der Waals surface area contributed by atoms with Crippen molar-refractivity contribution in [2.75, 3.05) is 43.5 Å². The number of nitrogens with zero attached hydrogens (tertiary/aromatic N) is 2. The van der Waals surface area contributed by atoms with Gasteiger partial charge in [0, 0.05) is 54.9 Å². The Labute approximate surface area is 217 Å². The van der Waals surface area contributed by atoms with E-state index in [1.165, 1.54) is 0 Å². The molecule has 1 unspecified atom stereocenters. The Morgan fingerprint density at radius 2 is 1.79 bits per heavy atom. The van der Waals surface area contributed by atoms with Gasteiger partial charge in [0.1, 0.15) is 0 Å². The van der Waals surface area contributed by atoms with Crippen molar-refractivity contribution in [3.8, 4) is 0 Å². The molecule has 5 nitrogen and oxygen atoms in total. The van der Waals surface area contributed by atoms with Crippen molar-refractivity contribution in [3.63, 3.8) is 0 Å². The fraction of sp³-hybridized carbons (Fsp3) is 0.500. The first kappa shape index (κ1) is 25.4. The molecule has 2 atom stereocenters. The Morgan fingerprint density at radius 3 is 2.50 bits per heavy atom. The second kappa shape index (κ2) is 11.4. The molecule has 34 heavy (non-hydrogen) atoms. The molecule has 1 amide bonds. The van der Waals surface area contributed by atoms with E-state index in [2.05, 4.69) is 16.3 Å². The van der Waals surface area contributed by atoms with E-state index in [0.717, 1.165) is 68.8 Å². The Hall–Kier alpha value is -1.66. The highest BCUT2D eigenvalue weighted by Gasteiger charge is 2.31.